The molecular weight excluding hydrogens is 272 g/mol. The van der Waals surface area contributed by atoms with Gasteiger partial charge in [0.1, 0.15) is 11.6 Å². The summed E-state index contributed by atoms with van der Waals surface area (Å²) < 4.78 is 51.0. The van der Waals surface area contributed by atoms with Gasteiger partial charge < -0.3 is 4.57 Å². The molecule has 0 N–H and O–H groups in total. The topological polar surface area (TPSA) is 17.8 Å². The maximum absolute atomic E-state index is 13.0. The third kappa shape index (κ3) is 2.75. The van der Waals surface area contributed by atoms with Crippen LogP contribution in [-0.2, 0) is 12.4 Å². The van der Waals surface area contributed by atoms with Crippen molar-refractivity contribution in [1.82, 2.24) is 9.55 Å². The van der Waals surface area contributed by atoms with E-state index in [1.807, 2.05) is 0 Å². The third-order valence-corrected chi connectivity index (χ3v) is 2.77. The van der Waals surface area contributed by atoms with Crippen LogP contribution in [0, 0.1) is 5.82 Å². The summed E-state index contributed by atoms with van der Waals surface area (Å²) in [5, 5.41) is 0. The lowest BCUT2D eigenvalue weighted by molar-refractivity contribution is -0.136. The molecule has 0 atom stereocenters. The second kappa shape index (κ2) is 4.76. The quantitative estimate of drug-likeness (QED) is 0.616. The monoisotopic (exact) mass is 280 g/mol. The standard InChI is InChI=1S/C11H9ClF4N2/c12-6-10-17-8-5-7(13)1-2-9(8)18(10)4-3-11(14,15)16/h1-2,5H,3-4,6H2. The molecular formula is C11H9ClF4N2. The lowest BCUT2D eigenvalue weighted by Gasteiger charge is -2.09. The predicted molar refractivity (Wildman–Crippen MR) is 59.9 cm³/mol. The fourth-order valence-corrected chi connectivity index (χ4v) is 1.95. The predicted octanol–water partition coefficient (Wildman–Crippen LogP) is 3.87. The van der Waals surface area contributed by atoms with Crippen LogP contribution >= 0.6 is 11.6 Å². The molecule has 0 saturated heterocycles. The maximum Gasteiger partial charge on any atom is 0.390 e. The number of hydrogen-bond donors (Lipinski definition) is 0. The van der Waals surface area contributed by atoms with Crippen molar-refractivity contribution in [1.29, 1.82) is 0 Å². The molecule has 0 aliphatic rings. The number of rotatable bonds is 3. The van der Waals surface area contributed by atoms with Crippen molar-refractivity contribution in [3.63, 3.8) is 0 Å². The van der Waals surface area contributed by atoms with E-state index in [1.165, 1.54) is 22.8 Å². The number of aromatic nitrogens is 2. The molecule has 1 aromatic heterocycles. The zero-order valence-corrected chi connectivity index (χ0v) is 9.89. The molecule has 18 heavy (non-hydrogen) atoms. The number of aryl methyl sites for hydroxylation is 1. The lowest BCUT2D eigenvalue weighted by Crippen LogP contribution is -2.13. The van der Waals surface area contributed by atoms with Crippen LogP contribution in [0.3, 0.4) is 0 Å². The summed E-state index contributed by atoms with van der Waals surface area (Å²) in [6.45, 7) is -0.270. The molecule has 0 aliphatic carbocycles. The molecule has 0 saturated carbocycles. The fraction of sp³-hybridized carbons (Fsp3) is 0.364. The lowest BCUT2D eigenvalue weighted by atomic mass is 10.3. The minimum absolute atomic E-state index is 0.0197. The van der Waals surface area contributed by atoms with Gasteiger partial charge in [0, 0.05) is 12.6 Å². The summed E-state index contributed by atoms with van der Waals surface area (Å²) >= 11 is 5.64. The van der Waals surface area contributed by atoms with Gasteiger partial charge in [-0.25, -0.2) is 9.37 Å². The Bertz CT molecular complexity index is 562. The Morgan fingerprint density at radius 1 is 1.28 bits per heavy atom. The molecule has 0 aliphatic heterocycles. The molecule has 0 bridgehead atoms. The summed E-state index contributed by atoms with van der Waals surface area (Å²) in [6, 6.07) is 3.77. The normalized spacial score (nSPS) is 12.3. The van der Waals surface area contributed by atoms with E-state index >= 15 is 0 Å². The second-order valence-electron chi connectivity index (χ2n) is 3.81. The summed E-state index contributed by atoms with van der Waals surface area (Å²) in [5.74, 6) is -0.195. The maximum atomic E-state index is 13.0. The van der Waals surface area contributed by atoms with Gasteiger partial charge in [-0.1, -0.05) is 0 Å². The number of halogens is 5. The van der Waals surface area contributed by atoms with E-state index in [2.05, 4.69) is 4.98 Å². The zero-order valence-electron chi connectivity index (χ0n) is 9.14. The van der Waals surface area contributed by atoms with Crippen LogP contribution in [0.4, 0.5) is 17.6 Å². The van der Waals surface area contributed by atoms with Gasteiger partial charge >= 0.3 is 6.18 Å². The van der Waals surface area contributed by atoms with Crippen LogP contribution < -0.4 is 0 Å². The number of imidazole rings is 1. The van der Waals surface area contributed by atoms with Gasteiger partial charge in [-0.3, -0.25) is 0 Å². The van der Waals surface area contributed by atoms with Crippen molar-refractivity contribution < 1.29 is 17.6 Å². The number of benzene rings is 1. The highest BCUT2D eigenvalue weighted by atomic mass is 35.5. The minimum atomic E-state index is -4.25. The number of fused-ring (bicyclic) bond motifs is 1. The fourth-order valence-electron chi connectivity index (χ4n) is 1.74. The van der Waals surface area contributed by atoms with Crippen LogP contribution in [0.2, 0.25) is 0 Å². The van der Waals surface area contributed by atoms with Crippen LogP contribution in [0.25, 0.3) is 11.0 Å². The third-order valence-electron chi connectivity index (χ3n) is 2.53. The molecule has 98 valence electrons. The molecule has 0 spiro atoms. The average molecular weight is 281 g/mol. The second-order valence-corrected chi connectivity index (χ2v) is 4.08. The van der Waals surface area contributed by atoms with Crippen molar-refractivity contribution in [3.05, 3.63) is 29.8 Å². The Labute approximate surface area is 105 Å². The van der Waals surface area contributed by atoms with E-state index in [0.717, 1.165) is 0 Å². The van der Waals surface area contributed by atoms with Crippen molar-refractivity contribution in [2.75, 3.05) is 0 Å². The first-order valence-corrected chi connectivity index (χ1v) is 5.71. The molecule has 0 fully saturated rings. The van der Waals surface area contributed by atoms with Crippen molar-refractivity contribution in [3.8, 4) is 0 Å². The van der Waals surface area contributed by atoms with E-state index in [0.29, 0.717) is 16.9 Å². The van der Waals surface area contributed by atoms with Gasteiger partial charge in [0.2, 0.25) is 0 Å². The first-order valence-electron chi connectivity index (χ1n) is 5.18. The SMILES string of the molecule is Fc1ccc2c(c1)nc(CCl)n2CCC(F)(F)F. The largest absolute Gasteiger partial charge is 0.390 e. The van der Waals surface area contributed by atoms with Crippen LogP contribution in [-0.4, -0.2) is 15.7 Å². The van der Waals surface area contributed by atoms with Gasteiger partial charge in [0.15, 0.2) is 0 Å². The molecule has 0 unspecified atom stereocenters. The van der Waals surface area contributed by atoms with Crippen LogP contribution in [0.15, 0.2) is 18.2 Å². The van der Waals surface area contributed by atoms with Gasteiger partial charge in [0.05, 0.1) is 23.3 Å². The van der Waals surface area contributed by atoms with Crippen molar-refractivity contribution in [2.45, 2.75) is 25.0 Å². The minimum Gasteiger partial charge on any atom is -0.327 e. The Morgan fingerprint density at radius 2 is 2.00 bits per heavy atom. The summed E-state index contributed by atoms with van der Waals surface area (Å²) in [7, 11) is 0. The average Bonchev–Trinajstić information content (AvgIpc) is 2.62. The van der Waals surface area contributed by atoms with Gasteiger partial charge in [-0.15, -0.1) is 11.6 Å². The first kappa shape index (κ1) is 13.1. The Hall–Kier alpha value is -1.30. The molecule has 7 heteroatoms. The summed E-state index contributed by atoms with van der Waals surface area (Å²) in [5.41, 5.74) is 0.768. The molecule has 1 heterocycles. The molecule has 2 aromatic rings. The summed E-state index contributed by atoms with van der Waals surface area (Å²) in [6.07, 6.45) is -5.22. The Balaban J connectivity index is 2.41. The van der Waals surface area contributed by atoms with Crippen LogP contribution in [0.1, 0.15) is 12.2 Å². The van der Waals surface area contributed by atoms with E-state index in [-0.39, 0.29) is 12.4 Å². The molecule has 2 rings (SSSR count). The Kier molecular flexibility index (Phi) is 3.47. The highest BCUT2D eigenvalue weighted by Gasteiger charge is 2.27. The summed E-state index contributed by atoms with van der Waals surface area (Å²) in [4.78, 5) is 4.02. The van der Waals surface area contributed by atoms with Gasteiger partial charge in [0.25, 0.3) is 0 Å². The van der Waals surface area contributed by atoms with E-state index in [9.17, 15) is 17.6 Å². The van der Waals surface area contributed by atoms with Crippen molar-refractivity contribution in [2.24, 2.45) is 0 Å². The van der Waals surface area contributed by atoms with Crippen molar-refractivity contribution >= 4 is 22.6 Å². The molecule has 2 nitrogen and oxygen atoms in total. The van der Waals surface area contributed by atoms with E-state index in [1.54, 1.807) is 0 Å². The highest BCUT2D eigenvalue weighted by molar-refractivity contribution is 6.16. The van der Waals surface area contributed by atoms with E-state index in [4.69, 9.17) is 11.6 Å². The highest BCUT2D eigenvalue weighted by Crippen LogP contribution is 2.24. The first-order chi connectivity index (χ1) is 8.40. The van der Waals surface area contributed by atoms with Gasteiger partial charge in [-0.2, -0.15) is 13.2 Å². The zero-order chi connectivity index (χ0) is 13.3. The van der Waals surface area contributed by atoms with Crippen LogP contribution in [0.5, 0.6) is 0 Å². The van der Waals surface area contributed by atoms with E-state index < -0.39 is 18.4 Å². The number of nitrogens with zero attached hydrogens (tertiary/aromatic N) is 2. The number of hydrogen-bond acceptors (Lipinski definition) is 1. The molecule has 0 radical (unpaired) electrons. The molecule has 0 amide bonds. The molecule has 1 aromatic carbocycles. The smallest absolute Gasteiger partial charge is 0.327 e. The van der Waals surface area contributed by atoms with Gasteiger partial charge in [-0.05, 0) is 12.1 Å². The number of alkyl halides is 4. The Morgan fingerprint density at radius 3 is 2.61 bits per heavy atom.